The summed E-state index contributed by atoms with van der Waals surface area (Å²) in [6.07, 6.45) is 4.25. The van der Waals surface area contributed by atoms with Gasteiger partial charge < -0.3 is 5.73 Å². The first-order valence-corrected chi connectivity index (χ1v) is 8.24. The Hall–Kier alpha value is -4.21. The zero-order chi connectivity index (χ0) is 19.9. The molecule has 2 aromatic heterocycles. The number of nitrogens with zero attached hydrogens (tertiary/aromatic N) is 3. The molecule has 6 N–H and O–H groups in total. The third-order valence-corrected chi connectivity index (χ3v) is 3.73. The number of hydrogen-bond acceptors (Lipinski definition) is 8. The summed E-state index contributed by atoms with van der Waals surface area (Å²) in [7, 11) is 0. The average molecular weight is 378 g/mol. The lowest BCUT2D eigenvalue weighted by atomic mass is 10.1. The van der Waals surface area contributed by atoms with Gasteiger partial charge in [0.1, 0.15) is 12.0 Å². The Bertz CT molecular complexity index is 977. The second kappa shape index (κ2) is 8.45. The van der Waals surface area contributed by atoms with E-state index in [1.807, 2.05) is 19.1 Å². The third kappa shape index (κ3) is 4.49. The highest BCUT2D eigenvalue weighted by Crippen LogP contribution is 2.21. The molecule has 0 fully saturated rings. The van der Waals surface area contributed by atoms with Crippen molar-refractivity contribution < 1.29 is 9.59 Å². The van der Waals surface area contributed by atoms with E-state index in [1.54, 1.807) is 24.3 Å². The normalized spacial score (nSPS) is 10.0. The number of amides is 2. The number of nitrogens with one attached hydrogen (secondary N) is 4. The quantitative estimate of drug-likeness (QED) is 0.403. The molecule has 2 amide bonds. The van der Waals surface area contributed by atoms with Crippen LogP contribution in [0.2, 0.25) is 0 Å². The number of pyridine rings is 1. The van der Waals surface area contributed by atoms with Crippen LogP contribution in [0.4, 0.5) is 17.3 Å². The molecular weight excluding hydrogens is 360 g/mol. The van der Waals surface area contributed by atoms with Crippen molar-refractivity contribution in [2.24, 2.45) is 0 Å². The molecule has 0 radical (unpaired) electrons. The van der Waals surface area contributed by atoms with Crippen LogP contribution in [-0.2, 0) is 0 Å². The van der Waals surface area contributed by atoms with Crippen LogP contribution >= 0.6 is 0 Å². The number of nitrogen functional groups attached to an aromatic ring is 1. The molecule has 0 unspecified atom stereocenters. The summed E-state index contributed by atoms with van der Waals surface area (Å²) >= 11 is 0. The largest absolute Gasteiger partial charge is 0.393 e. The van der Waals surface area contributed by atoms with E-state index < -0.39 is 0 Å². The summed E-state index contributed by atoms with van der Waals surface area (Å²) in [5, 5.41) is 0. The number of nitrogens with two attached hydrogens (primary N) is 1. The number of carbonyl (C=O) groups excluding carboxylic acids is 2. The molecule has 0 aliphatic carbocycles. The minimum absolute atomic E-state index is 0.113. The van der Waals surface area contributed by atoms with Crippen molar-refractivity contribution in [2.75, 3.05) is 16.6 Å². The second-order valence-corrected chi connectivity index (χ2v) is 5.74. The zero-order valence-electron chi connectivity index (χ0n) is 14.9. The summed E-state index contributed by atoms with van der Waals surface area (Å²) < 4.78 is 0. The predicted molar refractivity (Wildman–Crippen MR) is 104 cm³/mol. The monoisotopic (exact) mass is 378 g/mol. The summed E-state index contributed by atoms with van der Waals surface area (Å²) in [4.78, 5) is 36.0. The molecule has 0 aliphatic heterocycles. The minimum atomic E-state index is -0.386. The predicted octanol–water partition coefficient (Wildman–Crippen LogP) is 1.28. The van der Waals surface area contributed by atoms with Crippen LogP contribution < -0.4 is 27.4 Å². The molecule has 0 bridgehead atoms. The van der Waals surface area contributed by atoms with Gasteiger partial charge in [-0.3, -0.25) is 36.3 Å². The van der Waals surface area contributed by atoms with Gasteiger partial charge in [-0.25, -0.2) is 9.97 Å². The molecule has 0 atom stereocenters. The number of benzene rings is 1. The molecule has 1 aromatic carbocycles. The Morgan fingerprint density at radius 3 is 1.86 bits per heavy atom. The lowest BCUT2D eigenvalue weighted by Gasteiger charge is -2.13. The van der Waals surface area contributed by atoms with E-state index in [4.69, 9.17) is 5.73 Å². The lowest BCUT2D eigenvalue weighted by molar-refractivity contribution is 0.0954. The van der Waals surface area contributed by atoms with Crippen LogP contribution in [0.1, 0.15) is 26.3 Å². The highest BCUT2D eigenvalue weighted by Gasteiger charge is 2.11. The van der Waals surface area contributed by atoms with Gasteiger partial charge in [-0.15, -0.1) is 0 Å². The first-order chi connectivity index (χ1) is 13.5. The highest BCUT2D eigenvalue weighted by molar-refractivity contribution is 5.96. The zero-order valence-corrected chi connectivity index (χ0v) is 14.9. The van der Waals surface area contributed by atoms with Gasteiger partial charge in [0.2, 0.25) is 0 Å². The fourth-order valence-corrected chi connectivity index (χ4v) is 2.18. The number of anilines is 3. The Labute approximate surface area is 160 Å². The van der Waals surface area contributed by atoms with Crippen LogP contribution in [0.5, 0.6) is 0 Å². The standard InChI is InChI=1S/C18H18N8O2/c1-11-2-4-12(5-3-11)17(27)25-23-15-14(19)16(22-10-21-15)24-26-18(28)13-6-8-20-9-7-13/h2-10H,19H2,1H3,(H,25,27)(H,26,28)(H2,21,22,23,24). The second-order valence-electron chi connectivity index (χ2n) is 5.74. The van der Waals surface area contributed by atoms with Crippen molar-refractivity contribution in [1.82, 2.24) is 25.8 Å². The smallest absolute Gasteiger partial charge is 0.269 e. The summed E-state index contributed by atoms with van der Waals surface area (Å²) in [5.41, 5.74) is 18.3. The molecule has 142 valence electrons. The first kappa shape index (κ1) is 18.6. The van der Waals surface area contributed by atoms with E-state index in [0.717, 1.165) is 5.56 Å². The molecule has 2 heterocycles. The van der Waals surface area contributed by atoms with E-state index in [2.05, 4.69) is 36.7 Å². The van der Waals surface area contributed by atoms with Crippen molar-refractivity contribution in [1.29, 1.82) is 0 Å². The van der Waals surface area contributed by atoms with Crippen molar-refractivity contribution in [3.8, 4) is 0 Å². The maximum absolute atomic E-state index is 12.2. The van der Waals surface area contributed by atoms with Crippen LogP contribution in [-0.4, -0.2) is 26.8 Å². The lowest BCUT2D eigenvalue weighted by Crippen LogP contribution is -2.32. The van der Waals surface area contributed by atoms with Crippen molar-refractivity contribution in [2.45, 2.75) is 6.92 Å². The maximum atomic E-state index is 12.2. The van der Waals surface area contributed by atoms with Gasteiger partial charge in [0.05, 0.1) is 0 Å². The topological polar surface area (TPSA) is 147 Å². The molecular formula is C18H18N8O2. The minimum Gasteiger partial charge on any atom is -0.393 e. The van der Waals surface area contributed by atoms with Gasteiger partial charge in [0.15, 0.2) is 11.6 Å². The fourth-order valence-electron chi connectivity index (χ4n) is 2.18. The average Bonchev–Trinajstić information content (AvgIpc) is 2.73. The molecule has 3 rings (SSSR count). The number of hydrogen-bond donors (Lipinski definition) is 5. The molecule has 10 heteroatoms. The molecule has 10 nitrogen and oxygen atoms in total. The summed E-state index contributed by atoms with van der Waals surface area (Å²) in [6, 6.07) is 10.2. The molecule has 0 saturated heterocycles. The van der Waals surface area contributed by atoms with Crippen LogP contribution in [0, 0.1) is 6.92 Å². The molecule has 28 heavy (non-hydrogen) atoms. The fraction of sp³-hybridized carbons (Fsp3) is 0.0556. The maximum Gasteiger partial charge on any atom is 0.269 e. The number of aryl methyl sites for hydroxylation is 1. The summed E-state index contributed by atoms with van der Waals surface area (Å²) in [5.74, 6) is -0.387. The van der Waals surface area contributed by atoms with E-state index >= 15 is 0 Å². The third-order valence-electron chi connectivity index (χ3n) is 3.73. The molecule has 0 saturated carbocycles. The Morgan fingerprint density at radius 2 is 1.32 bits per heavy atom. The van der Waals surface area contributed by atoms with Gasteiger partial charge >= 0.3 is 0 Å². The summed E-state index contributed by atoms with van der Waals surface area (Å²) in [6.45, 7) is 1.93. The van der Waals surface area contributed by atoms with Crippen LogP contribution in [0.3, 0.4) is 0 Å². The van der Waals surface area contributed by atoms with Gasteiger partial charge in [0, 0.05) is 23.5 Å². The van der Waals surface area contributed by atoms with E-state index in [0.29, 0.717) is 11.1 Å². The van der Waals surface area contributed by atoms with Crippen LogP contribution in [0.25, 0.3) is 0 Å². The van der Waals surface area contributed by atoms with Gasteiger partial charge in [-0.05, 0) is 31.2 Å². The van der Waals surface area contributed by atoms with E-state index in [9.17, 15) is 9.59 Å². The van der Waals surface area contributed by atoms with E-state index in [1.165, 1.54) is 18.7 Å². The molecule has 0 spiro atoms. The Morgan fingerprint density at radius 1 is 0.821 bits per heavy atom. The van der Waals surface area contributed by atoms with Gasteiger partial charge in [-0.1, -0.05) is 17.7 Å². The van der Waals surface area contributed by atoms with Gasteiger partial charge in [-0.2, -0.15) is 0 Å². The Kier molecular flexibility index (Phi) is 5.60. The number of carbonyl (C=O) groups is 2. The highest BCUT2D eigenvalue weighted by atomic mass is 16.2. The molecule has 3 aromatic rings. The van der Waals surface area contributed by atoms with Crippen molar-refractivity contribution >= 4 is 29.1 Å². The van der Waals surface area contributed by atoms with E-state index in [-0.39, 0.29) is 29.1 Å². The SMILES string of the molecule is Cc1ccc(C(=O)NNc2ncnc(NNC(=O)c3ccncc3)c2N)cc1. The number of hydrazine groups is 2. The van der Waals surface area contributed by atoms with Crippen molar-refractivity contribution in [3.63, 3.8) is 0 Å². The number of rotatable bonds is 6. The first-order valence-electron chi connectivity index (χ1n) is 8.24. The van der Waals surface area contributed by atoms with Gasteiger partial charge in [0.25, 0.3) is 11.8 Å². The number of aromatic nitrogens is 3. The van der Waals surface area contributed by atoms with Crippen LogP contribution in [0.15, 0.2) is 55.1 Å². The van der Waals surface area contributed by atoms with Crippen molar-refractivity contribution in [3.05, 3.63) is 71.8 Å². The Balaban J connectivity index is 1.61. The molecule has 0 aliphatic rings.